The summed E-state index contributed by atoms with van der Waals surface area (Å²) in [4.78, 5) is 0. The van der Waals surface area contributed by atoms with Crippen molar-refractivity contribution in [3.05, 3.63) is 38.0 Å². The second-order valence-electron chi connectivity index (χ2n) is 2.05. The molecule has 2 heteroatoms. The van der Waals surface area contributed by atoms with Crippen molar-refractivity contribution < 1.29 is 9.84 Å². The fourth-order valence-corrected chi connectivity index (χ4v) is 0.619. The monoisotopic (exact) mass is 154 g/mol. The highest BCUT2D eigenvalue weighted by atomic mass is 16.5. The molecule has 0 amide bonds. The van der Waals surface area contributed by atoms with E-state index in [0.29, 0.717) is 6.61 Å². The molecule has 0 unspecified atom stereocenters. The van der Waals surface area contributed by atoms with E-state index < -0.39 is 6.10 Å². The van der Waals surface area contributed by atoms with Crippen LogP contribution in [0.3, 0.4) is 0 Å². The lowest BCUT2D eigenvalue weighted by molar-refractivity contribution is 0.0255. The van der Waals surface area contributed by atoms with Crippen molar-refractivity contribution in [1.29, 1.82) is 0 Å². The summed E-state index contributed by atoms with van der Waals surface area (Å²) >= 11 is 0. The van der Waals surface area contributed by atoms with Crippen molar-refractivity contribution in [1.82, 2.24) is 0 Å². The highest BCUT2D eigenvalue weighted by Gasteiger charge is 2.11. The van der Waals surface area contributed by atoms with Crippen molar-refractivity contribution in [3.8, 4) is 0 Å². The Balaban J connectivity index is 3.82. The third-order valence-electron chi connectivity index (χ3n) is 1.22. The predicted molar refractivity (Wildman–Crippen MR) is 46.3 cm³/mol. The molecule has 0 saturated carbocycles. The molecule has 62 valence electrons. The second kappa shape index (κ2) is 5.89. The van der Waals surface area contributed by atoms with Crippen molar-refractivity contribution in [2.45, 2.75) is 12.2 Å². The second-order valence-corrected chi connectivity index (χ2v) is 2.05. The fourth-order valence-electron chi connectivity index (χ4n) is 0.619. The van der Waals surface area contributed by atoms with Gasteiger partial charge in [-0.15, -0.1) is 19.7 Å². The molecule has 0 rings (SSSR count). The van der Waals surface area contributed by atoms with Crippen molar-refractivity contribution in [3.63, 3.8) is 0 Å². The SMILES string of the molecule is C=CCO[C@H](C=C)[C@H](O)C=C. The van der Waals surface area contributed by atoms with E-state index in [9.17, 15) is 5.11 Å². The van der Waals surface area contributed by atoms with Crippen LogP contribution in [0.2, 0.25) is 0 Å². The van der Waals surface area contributed by atoms with Crippen molar-refractivity contribution >= 4 is 0 Å². The van der Waals surface area contributed by atoms with Crippen molar-refractivity contribution in [2.24, 2.45) is 0 Å². The zero-order valence-electron chi connectivity index (χ0n) is 6.57. The Morgan fingerprint density at radius 1 is 1.27 bits per heavy atom. The zero-order chi connectivity index (χ0) is 8.69. The Bertz CT molecular complexity index is 140. The highest BCUT2D eigenvalue weighted by Crippen LogP contribution is 2.01. The fraction of sp³-hybridized carbons (Fsp3) is 0.333. The molecule has 0 aliphatic carbocycles. The van der Waals surface area contributed by atoms with E-state index in [2.05, 4.69) is 19.7 Å². The van der Waals surface area contributed by atoms with Gasteiger partial charge in [0.15, 0.2) is 0 Å². The van der Waals surface area contributed by atoms with Gasteiger partial charge in [0.05, 0.1) is 6.61 Å². The van der Waals surface area contributed by atoms with E-state index in [1.807, 2.05) is 0 Å². The van der Waals surface area contributed by atoms with Crippen LogP contribution in [0, 0.1) is 0 Å². The van der Waals surface area contributed by atoms with Gasteiger partial charge in [0.2, 0.25) is 0 Å². The van der Waals surface area contributed by atoms with Crippen LogP contribution in [-0.2, 0) is 4.74 Å². The Labute approximate surface area is 67.5 Å². The molecule has 11 heavy (non-hydrogen) atoms. The summed E-state index contributed by atoms with van der Waals surface area (Å²) in [6, 6.07) is 0. The molecule has 0 aromatic carbocycles. The van der Waals surface area contributed by atoms with E-state index in [4.69, 9.17) is 4.74 Å². The maximum Gasteiger partial charge on any atom is 0.105 e. The summed E-state index contributed by atoms with van der Waals surface area (Å²) < 4.78 is 5.14. The maximum absolute atomic E-state index is 9.20. The molecule has 0 aromatic heterocycles. The molecule has 0 fully saturated rings. The molecule has 0 bridgehead atoms. The largest absolute Gasteiger partial charge is 0.386 e. The normalized spacial score (nSPS) is 15.0. The first-order valence-corrected chi connectivity index (χ1v) is 3.42. The van der Waals surface area contributed by atoms with Crippen LogP contribution in [0.1, 0.15) is 0 Å². The van der Waals surface area contributed by atoms with Gasteiger partial charge in [-0.3, -0.25) is 0 Å². The molecule has 0 spiro atoms. The van der Waals surface area contributed by atoms with Crippen LogP contribution < -0.4 is 0 Å². The molecule has 0 heterocycles. The Hall–Kier alpha value is -0.860. The summed E-state index contributed by atoms with van der Waals surface area (Å²) in [6.07, 6.45) is 3.50. The third kappa shape index (κ3) is 3.75. The summed E-state index contributed by atoms with van der Waals surface area (Å²) in [5, 5.41) is 9.20. The van der Waals surface area contributed by atoms with E-state index in [0.717, 1.165) is 0 Å². The van der Waals surface area contributed by atoms with E-state index in [1.54, 1.807) is 6.08 Å². The molecule has 0 aromatic rings. The van der Waals surface area contributed by atoms with Crippen LogP contribution in [0.4, 0.5) is 0 Å². The topological polar surface area (TPSA) is 29.5 Å². The molecule has 2 nitrogen and oxygen atoms in total. The number of rotatable bonds is 6. The van der Waals surface area contributed by atoms with E-state index in [-0.39, 0.29) is 6.10 Å². The average Bonchev–Trinajstić information content (AvgIpc) is 2.05. The number of hydrogen-bond donors (Lipinski definition) is 1. The van der Waals surface area contributed by atoms with Crippen LogP contribution in [0.5, 0.6) is 0 Å². The van der Waals surface area contributed by atoms with Gasteiger partial charge in [-0.1, -0.05) is 18.2 Å². The van der Waals surface area contributed by atoms with Gasteiger partial charge in [-0.05, 0) is 0 Å². The minimum Gasteiger partial charge on any atom is -0.386 e. The van der Waals surface area contributed by atoms with Gasteiger partial charge in [0, 0.05) is 0 Å². The van der Waals surface area contributed by atoms with Crippen LogP contribution in [0.25, 0.3) is 0 Å². The summed E-state index contributed by atoms with van der Waals surface area (Å²) in [6.45, 7) is 10.8. The molecular formula is C9H14O2. The predicted octanol–water partition coefficient (Wildman–Crippen LogP) is 1.29. The minimum absolute atomic E-state index is 0.384. The van der Waals surface area contributed by atoms with Crippen molar-refractivity contribution in [2.75, 3.05) is 6.61 Å². The molecule has 1 N–H and O–H groups in total. The molecular weight excluding hydrogens is 140 g/mol. The summed E-state index contributed by atoms with van der Waals surface area (Å²) in [7, 11) is 0. The van der Waals surface area contributed by atoms with Crippen LogP contribution >= 0.6 is 0 Å². The minimum atomic E-state index is -0.688. The number of hydrogen-bond acceptors (Lipinski definition) is 2. The lowest BCUT2D eigenvalue weighted by Crippen LogP contribution is -2.24. The lowest BCUT2D eigenvalue weighted by atomic mass is 10.2. The number of aliphatic hydroxyl groups excluding tert-OH is 1. The lowest BCUT2D eigenvalue weighted by Gasteiger charge is -2.15. The molecule has 0 aliphatic heterocycles. The maximum atomic E-state index is 9.20. The van der Waals surface area contributed by atoms with Crippen LogP contribution in [0.15, 0.2) is 38.0 Å². The van der Waals surface area contributed by atoms with E-state index in [1.165, 1.54) is 12.2 Å². The first-order chi connectivity index (χ1) is 5.26. The summed E-state index contributed by atoms with van der Waals surface area (Å²) in [5.41, 5.74) is 0. The number of ether oxygens (including phenoxy) is 1. The zero-order valence-corrected chi connectivity index (χ0v) is 6.57. The van der Waals surface area contributed by atoms with Gasteiger partial charge in [0.25, 0.3) is 0 Å². The molecule has 2 atom stereocenters. The highest BCUT2D eigenvalue weighted by molar-refractivity contribution is 4.95. The van der Waals surface area contributed by atoms with Gasteiger partial charge in [0.1, 0.15) is 12.2 Å². The molecule has 0 radical (unpaired) electrons. The van der Waals surface area contributed by atoms with Gasteiger partial charge < -0.3 is 9.84 Å². The number of aliphatic hydroxyl groups is 1. The average molecular weight is 154 g/mol. The van der Waals surface area contributed by atoms with Gasteiger partial charge in [-0.25, -0.2) is 0 Å². The third-order valence-corrected chi connectivity index (χ3v) is 1.22. The standard InChI is InChI=1S/C9H14O2/c1-4-7-11-9(6-3)8(10)5-2/h4-6,8-10H,1-3,7H2/t8-,9-/m1/s1. The van der Waals surface area contributed by atoms with Crippen LogP contribution in [-0.4, -0.2) is 23.9 Å². The first kappa shape index (κ1) is 10.1. The Kier molecular flexibility index (Phi) is 5.43. The smallest absolute Gasteiger partial charge is 0.105 e. The van der Waals surface area contributed by atoms with Gasteiger partial charge in [-0.2, -0.15) is 0 Å². The van der Waals surface area contributed by atoms with E-state index >= 15 is 0 Å². The molecule has 0 saturated heterocycles. The molecule has 0 aliphatic rings. The Morgan fingerprint density at radius 3 is 2.27 bits per heavy atom. The Morgan fingerprint density at radius 2 is 1.91 bits per heavy atom. The quantitative estimate of drug-likeness (QED) is 0.584. The summed E-state index contributed by atoms with van der Waals surface area (Å²) in [5.74, 6) is 0. The first-order valence-electron chi connectivity index (χ1n) is 3.42. The van der Waals surface area contributed by atoms with Gasteiger partial charge >= 0.3 is 0 Å².